The number of rotatable bonds is 1. The Morgan fingerprint density at radius 3 is 2.79 bits per heavy atom. The van der Waals surface area contributed by atoms with Crippen LogP contribution >= 0.6 is 39.1 Å². The molecule has 0 spiro atoms. The molecular weight excluding hydrogens is 285 g/mol. The Morgan fingerprint density at radius 2 is 2.07 bits per heavy atom. The Hall–Kier alpha value is -0.310. The van der Waals surface area contributed by atoms with Crippen LogP contribution in [0.4, 0.5) is 0 Å². The first-order chi connectivity index (χ1) is 6.70. The van der Waals surface area contributed by atoms with Crippen molar-refractivity contribution in [1.29, 1.82) is 0 Å². The van der Waals surface area contributed by atoms with E-state index in [0.717, 1.165) is 21.1 Å². The standard InChI is InChI=1S/C10H6BrCl2N/c11-6-1-2-10-8(3-6)9(13)4-7(5-12)14-10/h1-4H,5H2. The fourth-order valence-electron chi connectivity index (χ4n) is 1.28. The molecule has 0 atom stereocenters. The third kappa shape index (κ3) is 1.88. The van der Waals surface area contributed by atoms with Gasteiger partial charge < -0.3 is 0 Å². The lowest BCUT2D eigenvalue weighted by atomic mass is 10.2. The minimum Gasteiger partial charge on any atom is -0.251 e. The topological polar surface area (TPSA) is 12.9 Å². The van der Waals surface area contributed by atoms with Gasteiger partial charge in [-0.2, -0.15) is 0 Å². The van der Waals surface area contributed by atoms with Crippen molar-refractivity contribution in [1.82, 2.24) is 4.98 Å². The van der Waals surface area contributed by atoms with Crippen molar-refractivity contribution in [2.45, 2.75) is 5.88 Å². The molecule has 0 aliphatic carbocycles. The molecule has 14 heavy (non-hydrogen) atoms. The average Bonchev–Trinajstić information content (AvgIpc) is 2.19. The summed E-state index contributed by atoms with van der Waals surface area (Å²) in [6, 6.07) is 7.59. The predicted octanol–water partition coefficient (Wildman–Crippen LogP) is 4.39. The molecule has 0 aliphatic rings. The van der Waals surface area contributed by atoms with Crippen molar-refractivity contribution < 1.29 is 0 Å². The van der Waals surface area contributed by atoms with Crippen LogP contribution in [0.15, 0.2) is 28.7 Å². The Labute approximate surface area is 100 Å². The number of alkyl halides is 1. The number of hydrogen-bond acceptors (Lipinski definition) is 1. The monoisotopic (exact) mass is 289 g/mol. The van der Waals surface area contributed by atoms with Crippen molar-refractivity contribution in [3.63, 3.8) is 0 Å². The molecule has 72 valence electrons. The van der Waals surface area contributed by atoms with Crippen LogP contribution in [-0.2, 0) is 5.88 Å². The van der Waals surface area contributed by atoms with Gasteiger partial charge in [0.25, 0.3) is 0 Å². The highest BCUT2D eigenvalue weighted by molar-refractivity contribution is 9.10. The highest BCUT2D eigenvalue weighted by Crippen LogP contribution is 2.26. The van der Waals surface area contributed by atoms with Crippen molar-refractivity contribution in [3.8, 4) is 0 Å². The minimum absolute atomic E-state index is 0.381. The Kier molecular flexibility index (Phi) is 2.96. The van der Waals surface area contributed by atoms with Crippen LogP contribution in [0.1, 0.15) is 5.69 Å². The van der Waals surface area contributed by atoms with Crippen LogP contribution < -0.4 is 0 Å². The zero-order valence-electron chi connectivity index (χ0n) is 7.10. The molecule has 2 aromatic rings. The van der Waals surface area contributed by atoms with Gasteiger partial charge in [-0.25, -0.2) is 0 Å². The van der Waals surface area contributed by atoms with Gasteiger partial charge in [-0.15, -0.1) is 11.6 Å². The highest BCUT2D eigenvalue weighted by atomic mass is 79.9. The first-order valence-electron chi connectivity index (χ1n) is 4.01. The number of halogens is 3. The molecule has 0 saturated heterocycles. The number of nitrogens with zero attached hydrogens (tertiary/aromatic N) is 1. The fraction of sp³-hybridized carbons (Fsp3) is 0.100. The number of fused-ring (bicyclic) bond motifs is 1. The SMILES string of the molecule is ClCc1cc(Cl)c2cc(Br)ccc2n1. The first kappa shape index (κ1) is 10.2. The Morgan fingerprint density at radius 1 is 1.29 bits per heavy atom. The number of hydrogen-bond donors (Lipinski definition) is 0. The highest BCUT2D eigenvalue weighted by Gasteiger charge is 2.03. The zero-order valence-corrected chi connectivity index (χ0v) is 10.2. The van der Waals surface area contributed by atoms with Gasteiger partial charge in [0.15, 0.2) is 0 Å². The lowest BCUT2D eigenvalue weighted by molar-refractivity contribution is 1.22. The lowest BCUT2D eigenvalue weighted by Crippen LogP contribution is -1.87. The second-order valence-electron chi connectivity index (χ2n) is 2.89. The van der Waals surface area contributed by atoms with Crippen molar-refractivity contribution in [2.24, 2.45) is 0 Å². The van der Waals surface area contributed by atoms with Gasteiger partial charge in [-0.3, -0.25) is 4.98 Å². The fourth-order valence-corrected chi connectivity index (χ4v) is 2.05. The van der Waals surface area contributed by atoms with Gasteiger partial charge in [0.2, 0.25) is 0 Å². The summed E-state index contributed by atoms with van der Waals surface area (Å²) in [7, 11) is 0. The van der Waals surface area contributed by atoms with Crippen LogP contribution in [0.3, 0.4) is 0 Å². The predicted molar refractivity (Wildman–Crippen MR) is 64.0 cm³/mol. The van der Waals surface area contributed by atoms with Gasteiger partial charge in [0.1, 0.15) is 0 Å². The summed E-state index contributed by atoms with van der Waals surface area (Å²) >= 11 is 15.2. The third-order valence-electron chi connectivity index (χ3n) is 1.91. The number of aromatic nitrogens is 1. The van der Waals surface area contributed by atoms with Crippen LogP contribution in [0, 0.1) is 0 Å². The molecule has 0 saturated carbocycles. The molecular formula is C10H6BrCl2N. The molecule has 1 nitrogen and oxygen atoms in total. The van der Waals surface area contributed by atoms with Crippen molar-refractivity contribution in [3.05, 3.63) is 39.5 Å². The summed E-state index contributed by atoms with van der Waals surface area (Å²) in [6.07, 6.45) is 0. The van der Waals surface area contributed by atoms with Crippen LogP contribution in [0.25, 0.3) is 10.9 Å². The quantitative estimate of drug-likeness (QED) is 0.710. The van der Waals surface area contributed by atoms with Crippen LogP contribution in [-0.4, -0.2) is 4.98 Å². The van der Waals surface area contributed by atoms with E-state index in [1.54, 1.807) is 6.07 Å². The summed E-state index contributed by atoms with van der Waals surface area (Å²) in [5.74, 6) is 0.381. The maximum Gasteiger partial charge on any atom is 0.0721 e. The van der Waals surface area contributed by atoms with E-state index in [2.05, 4.69) is 20.9 Å². The normalized spacial score (nSPS) is 10.8. The number of pyridine rings is 1. The molecule has 0 aliphatic heterocycles. The summed E-state index contributed by atoms with van der Waals surface area (Å²) in [5.41, 5.74) is 1.67. The zero-order chi connectivity index (χ0) is 10.1. The summed E-state index contributed by atoms with van der Waals surface area (Å²) in [6.45, 7) is 0. The van der Waals surface area contributed by atoms with E-state index >= 15 is 0 Å². The third-order valence-corrected chi connectivity index (χ3v) is 2.99. The minimum atomic E-state index is 0.381. The van der Waals surface area contributed by atoms with Gasteiger partial charge >= 0.3 is 0 Å². The molecule has 0 amide bonds. The first-order valence-corrected chi connectivity index (χ1v) is 5.72. The van der Waals surface area contributed by atoms with E-state index in [-0.39, 0.29) is 0 Å². The van der Waals surface area contributed by atoms with Crippen LogP contribution in [0.2, 0.25) is 5.02 Å². The lowest BCUT2D eigenvalue weighted by Gasteiger charge is -2.03. The maximum absolute atomic E-state index is 6.09. The summed E-state index contributed by atoms with van der Waals surface area (Å²) in [5, 5.41) is 1.63. The van der Waals surface area contributed by atoms with E-state index in [9.17, 15) is 0 Å². The largest absolute Gasteiger partial charge is 0.251 e. The molecule has 0 unspecified atom stereocenters. The van der Waals surface area contributed by atoms with Gasteiger partial charge in [-0.05, 0) is 24.3 Å². The van der Waals surface area contributed by atoms with Gasteiger partial charge in [-0.1, -0.05) is 27.5 Å². The van der Waals surface area contributed by atoms with Crippen LogP contribution in [0.5, 0.6) is 0 Å². The average molecular weight is 291 g/mol. The molecule has 1 heterocycles. The number of benzene rings is 1. The second-order valence-corrected chi connectivity index (χ2v) is 4.48. The molecule has 0 radical (unpaired) electrons. The molecule has 0 N–H and O–H groups in total. The van der Waals surface area contributed by atoms with Crippen molar-refractivity contribution in [2.75, 3.05) is 0 Å². The molecule has 0 fully saturated rings. The van der Waals surface area contributed by atoms with E-state index in [1.807, 2.05) is 18.2 Å². The van der Waals surface area contributed by atoms with E-state index in [4.69, 9.17) is 23.2 Å². The maximum atomic E-state index is 6.09. The Balaban J connectivity index is 2.76. The van der Waals surface area contributed by atoms with E-state index in [0.29, 0.717) is 10.9 Å². The molecule has 2 rings (SSSR count). The molecule has 0 bridgehead atoms. The molecule has 1 aromatic carbocycles. The molecule has 1 aromatic heterocycles. The second kappa shape index (κ2) is 4.05. The van der Waals surface area contributed by atoms with E-state index in [1.165, 1.54) is 0 Å². The van der Waals surface area contributed by atoms with Gasteiger partial charge in [0, 0.05) is 9.86 Å². The van der Waals surface area contributed by atoms with Crippen molar-refractivity contribution >= 4 is 50.0 Å². The molecule has 4 heteroatoms. The summed E-state index contributed by atoms with van der Waals surface area (Å²) in [4.78, 5) is 4.36. The van der Waals surface area contributed by atoms with E-state index < -0.39 is 0 Å². The Bertz CT molecular complexity index is 485. The summed E-state index contributed by atoms with van der Waals surface area (Å²) < 4.78 is 0.993. The van der Waals surface area contributed by atoms with Gasteiger partial charge in [0.05, 0.1) is 22.1 Å². The smallest absolute Gasteiger partial charge is 0.0721 e.